The molecule has 1 aliphatic heterocycles. The molecule has 0 radical (unpaired) electrons. The molecule has 1 nitrogen and oxygen atoms in total. The van der Waals surface area contributed by atoms with Crippen LogP contribution in [0.25, 0.3) is 0 Å². The van der Waals surface area contributed by atoms with E-state index in [1.807, 2.05) is 0 Å². The van der Waals surface area contributed by atoms with Crippen molar-refractivity contribution >= 4 is 10.9 Å². The summed E-state index contributed by atoms with van der Waals surface area (Å²) in [5.74, 6) is 3.08. The highest BCUT2D eigenvalue weighted by Gasteiger charge is 2.26. The van der Waals surface area contributed by atoms with E-state index < -0.39 is 0 Å². The molecule has 1 aromatic rings. The van der Waals surface area contributed by atoms with Crippen molar-refractivity contribution in [3.63, 3.8) is 0 Å². The van der Waals surface area contributed by atoms with E-state index in [0.717, 1.165) is 0 Å². The first kappa shape index (κ1) is 7.99. The van der Waals surface area contributed by atoms with Crippen LogP contribution in [-0.2, 0) is 10.9 Å². The predicted molar refractivity (Wildman–Crippen MR) is 52.7 cm³/mol. The molecular weight excluding hydrogens is 168 g/mol. The van der Waals surface area contributed by atoms with Gasteiger partial charge in [0, 0.05) is 10.9 Å². The van der Waals surface area contributed by atoms with Gasteiger partial charge in [-0.2, -0.15) is 0 Å². The number of aromatic hydroxyl groups is 1. The van der Waals surface area contributed by atoms with Crippen molar-refractivity contribution in [1.29, 1.82) is 0 Å². The van der Waals surface area contributed by atoms with Gasteiger partial charge in [-0.3, -0.25) is 0 Å². The van der Waals surface area contributed by atoms with Crippen molar-refractivity contribution in [3.05, 3.63) is 24.3 Å². The number of benzene rings is 1. The van der Waals surface area contributed by atoms with E-state index in [9.17, 15) is 0 Å². The van der Waals surface area contributed by atoms with Crippen LogP contribution in [0.4, 0.5) is 0 Å². The van der Waals surface area contributed by atoms with Gasteiger partial charge < -0.3 is 5.11 Å². The van der Waals surface area contributed by atoms with E-state index >= 15 is 0 Å². The van der Waals surface area contributed by atoms with Crippen LogP contribution < -0.4 is 0 Å². The third kappa shape index (κ3) is 1.58. The summed E-state index contributed by atoms with van der Waals surface area (Å²) < 4.78 is 0. The van der Waals surface area contributed by atoms with E-state index in [2.05, 4.69) is 12.1 Å². The molecule has 0 atom stereocenters. The lowest BCUT2D eigenvalue weighted by Crippen LogP contribution is -2.02. The Morgan fingerprint density at radius 3 is 2.17 bits per heavy atom. The van der Waals surface area contributed by atoms with Crippen molar-refractivity contribution in [1.82, 2.24) is 0 Å². The highest BCUT2D eigenvalue weighted by atomic mass is 32.2. The number of rotatable bonds is 1. The monoisotopic (exact) mass is 181 g/mol. The molecule has 1 N–H and O–H groups in total. The topological polar surface area (TPSA) is 20.2 Å². The zero-order chi connectivity index (χ0) is 8.39. The van der Waals surface area contributed by atoms with Crippen LogP contribution >= 0.6 is 0 Å². The molecule has 12 heavy (non-hydrogen) atoms. The van der Waals surface area contributed by atoms with Gasteiger partial charge in [0.2, 0.25) is 0 Å². The Kier molecular flexibility index (Phi) is 2.26. The summed E-state index contributed by atoms with van der Waals surface area (Å²) >= 11 is 0. The molecule has 0 bridgehead atoms. The second-order valence-electron chi connectivity index (χ2n) is 3.10. The predicted octanol–water partition coefficient (Wildman–Crippen LogP) is 2.16. The lowest BCUT2D eigenvalue weighted by molar-refractivity contribution is 0.475. The maximum absolute atomic E-state index is 9.10. The van der Waals surface area contributed by atoms with Gasteiger partial charge in [-0.25, -0.2) is 0 Å². The Balaban J connectivity index is 2.17. The van der Waals surface area contributed by atoms with Gasteiger partial charge in [-0.1, -0.05) is 0 Å². The van der Waals surface area contributed by atoms with Crippen LogP contribution in [0.2, 0.25) is 0 Å². The van der Waals surface area contributed by atoms with Crippen LogP contribution in [0, 0.1) is 0 Å². The number of hydrogen-bond acceptors (Lipinski definition) is 1. The van der Waals surface area contributed by atoms with Gasteiger partial charge in [0.25, 0.3) is 0 Å². The maximum Gasteiger partial charge on any atom is 0.155 e. The summed E-state index contributed by atoms with van der Waals surface area (Å²) in [6, 6.07) is 7.70. The molecule has 2 heteroatoms. The molecule has 1 aliphatic rings. The Morgan fingerprint density at radius 2 is 1.58 bits per heavy atom. The highest BCUT2D eigenvalue weighted by Crippen LogP contribution is 2.24. The summed E-state index contributed by atoms with van der Waals surface area (Å²) in [6.07, 6.45) is 2.76. The minimum absolute atomic E-state index is 0.376. The Bertz CT molecular complexity index is 249. The van der Waals surface area contributed by atoms with Gasteiger partial charge in [-0.05, 0) is 37.1 Å². The van der Waals surface area contributed by atoms with E-state index in [4.69, 9.17) is 5.11 Å². The number of phenolic OH excluding ortho intramolecular Hbond substituents is 1. The number of hydrogen-bond donors (Lipinski definition) is 1. The fraction of sp³-hybridized carbons (Fsp3) is 0.400. The van der Waals surface area contributed by atoms with E-state index in [-0.39, 0.29) is 0 Å². The molecule has 0 saturated carbocycles. The van der Waals surface area contributed by atoms with Crippen LogP contribution in [0.5, 0.6) is 5.75 Å². The lowest BCUT2D eigenvalue weighted by atomic mass is 10.3. The fourth-order valence-corrected chi connectivity index (χ4v) is 3.83. The molecule has 1 saturated heterocycles. The number of phenols is 1. The van der Waals surface area contributed by atoms with Crippen molar-refractivity contribution in [2.75, 3.05) is 11.5 Å². The molecule has 1 aromatic carbocycles. The van der Waals surface area contributed by atoms with Crippen molar-refractivity contribution in [2.45, 2.75) is 17.7 Å². The minimum atomic E-state index is 0.376. The Morgan fingerprint density at radius 1 is 1.00 bits per heavy atom. The molecule has 0 spiro atoms. The molecule has 0 unspecified atom stereocenters. The summed E-state index contributed by atoms with van der Waals surface area (Å²) in [6.45, 7) is 0. The second kappa shape index (κ2) is 3.40. The van der Waals surface area contributed by atoms with E-state index in [0.29, 0.717) is 16.6 Å². The first-order valence-corrected chi connectivity index (χ1v) is 5.89. The standard InChI is InChI=1S/C10H12OS/c11-9-3-5-10(6-4-9)12-7-1-2-8-12/h3-6H,1-2,7-8H2/p+1. The first-order valence-electron chi connectivity index (χ1n) is 4.33. The zero-order valence-electron chi connectivity index (χ0n) is 6.99. The van der Waals surface area contributed by atoms with Crippen molar-refractivity contribution in [2.24, 2.45) is 0 Å². The van der Waals surface area contributed by atoms with Crippen LogP contribution in [-0.4, -0.2) is 16.6 Å². The average molecular weight is 181 g/mol. The highest BCUT2D eigenvalue weighted by molar-refractivity contribution is 7.97. The van der Waals surface area contributed by atoms with Gasteiger partial charge in [0.15, 0.2) is 4.90 Å². The summed E-state index contributed by atoms with van der Waals surface area (Å²) in [5, 5.41) is 9.10. The van der Waals surface area contributed by atoms with Gasteiger partial charge in [0.05, 0.1) is 0 Å². The van der Waals surface area contributed by atoms with E-state index in [1.54, 1.807) is 12.1 Å². The van der Waals surface area contributed by atoms with Crippen LogP contribution in [0.3, 0.4) is 0 Å². The average Bonchev–Trinajstić information content (AvgIpc) is 2.58. The van der Waals surface area contributed by atoms with Crippen LogP contribution in [0.15, 0.2) is 29.2 Å². The molecule has 1 heterocycles. The molecule has 0 amide bonds. The third-order valence-corrected chi connectivity index (χ3v) is 4.70. The maximum atomic E-state index is 9.10. The first-order chi connectivity index (χ1) is 5.86. The molecule has 0 aromatic heterocycles. The third-order valence-electron chi connectivity index (χ3n) is 2.20. The summed E-state index contributed by atoms with van der Waals surface area (Å²) in [5.41, 5.74) is 0. The smallest absolute Gasteiger partial charge is 0.155 e. The molecular formula is C10H13OS+. The SMILES string of the molecule is Oc1ccc([S+]2CCCC2)cc1. The quantitative estimate of drug-likeness (QED) is 0.658. The van der Waals surface area contributed by atoms with Crippen molar-refractivity contribution < 1.29 is 5.11 Å². The van der Waals surface area contributed by atoms with Crippen molar-refractivity contribution in [3.8, 4) is 5.75 Å². The summed E-state index contributed by atoms with van der Waals surface area (Å²) in [7, 11) is 0.490. The molecule has 1 fully saturated rings. The fourth-order valence-electron chi connectivity index (χ4n) is 1.53. The zero-order valence-corrected chi connectivity index (χ0v) is 7.81. The minimum Gasteiger partial charge on any atom is -0.508 e. The Hall–Kier alpha value is -0.630. The van der Waals surface area contributed by atoms with Gasteiger partial charge >= 0.3 is 0 Å². The lowest BCUT2D eigenvalue weighted by Gasteiger charge is -1.98. The molecule has 2 rings (SSSR count). The second-order valence-corrected chi connectivity index (χ2v) is 5.38. The van der Waals surface area contributed by atoms with Gasteiger partial charge in [0.1, 0.15) is 17.3 Å². The van der Waals surface area contributed by atoms with Gasteiger partial charge in [-0.15, -0.1) is 0 Å². The normalized spacial score (nSPS) is 18.3. The Labute approximate surface area is 75.8 Å². The molecule has 0 aliphatic carbocycles. The van der Waals surface area contributed by atoms with Crippen LogP contribution in [0.1, 0.15) is 12.8 Å². The largest absolute Gasteiger partial charge is 0.508 e. The molecule has 64 valence electrons. The van der Waals surface area contributed by atoms with E-state index in [1.165, 1.54) is 29.2 Å². The summed E-state index contributed by atoms with van der Waals surface area (Å²) in [4.78, 5) is 1.42.